The number of aromatic nitrogens is 3. The number of aromatic amines is 1. The Morgan fingerprint density at radius 2 is 2.19 bits per heavy atom. The number of ether oxygens (including phenoxy) is 1. The zero-order valence-corrected chi connectivity index (χ0v) is 15.1. The summed E-state index contributed by atoms with van der Waals surface area (Å²) in [4.78, 5) is 8.96. The van der Waals surface area contributed by atoms with Crippen LogP contribution in [0.5, 0.6) is 5.75 Å². The van der Waals surface area contributed by atoms with Gasteiger partial charge < -0.3 is 19.8 Å². The average Bonchev–Trinajstić information content (AvgIpc) is 3.43. The Kier molecular flexibility index (Phi) is 5.04. The van der Waals surface area contributed by atoms with Gasteiger partial charge in [-0.1, -0.05) is 18.2 Å². The van der Waals surface area contributed by atoms with Crippen molar-refractivity contribution in [3.63, 3.8) is 0 Å². The van der Waals surface area contributed by atoms with Crippen molar-refractivity contribution < 1.29 is 9.15 Å². The lowest BCUT2D eigenvalue weighted by Gasteiger charge is -2.15. The van der Waals surface area contributed by atoms with Crippen molar-refractivity contribution in [3.05, 3.63) is 54.0 Å². The van der Waals surface area contributed by atoms with Crippen LogP contribution in [0.15, 0.2) is 52.1 Å². The number of para-hydroxylation sites is 1. The molecule has 8 nitrogen and oxygen atoms in total. The van der Waals surface area contributed by atoms with Gasteiger partial charge in [0, 0.05) is 13.0 Å². The maximum Gasteiger partial charge on any atom is 0.216 e. The molecule has 8 heteroatoms. The third-order valence-corrected chi connectivity index (χ3v) is 4.22. The monoisotopic (exact) mass is 366 g/mol. The lowest BCUT2D eigenvalue weighted by Crippen LogP contribution is -2.42. The van der Waals surface area contributed by atoms with Crippen LogP contribution in [0.4, 0.5) is 0 Å². The molecule has 27 heavy (non-hydrogen) atoms. The van der Waals surface area contributed by atoms with Crippen LogP contribution < -0.4 is 15.4 Å². The van der Waals surface area contributed by atoms with Crippen molar-refractivity contribution >= 4 is 5.96 Å². The van der Waals surface area contributed by atoms with Crippen LogP contribution in [-0.4, -0.2) is 40.3 Å². The van der Waals surface area contributed by atoms with Crippen LogP contribution in [0.3, 0.4) is 0 Å². The Morgan fingerprint density at radius 3 is 3.00 bits per heavy atom. The largest absolute Gasteiger partial charge is 0.488 e. The molecule has 3 N–H and O–H groups in total. The molecular formula is C19H22N6O2. The number of furan rings is 1. The number of hydrogen-bond acceptors (Lipinski definition) is 5. The van der Waals surface area contributed by atoms with Gasteiger partial charge in [-0.3, -0.25) is 5.10 Å². The summed E-state index contributed by atoms with van der Waals surface area (Å²) in [5, 5.41) is 13.6. The van der Waals surface area contributed by atoms with Gasteiger partial charge in [-0.15, -0.1) is 5.10 Å². The molecule has 1 atom stereocenters. The molecular weight excluding hydrogens is 344 g/mol. The molecule has 0 amide bonds. The number of fused-ring (bicyclic) bond motifs is 1. The molecule has 140 valence electrons. The lowest BCUT2D eigenvalue weighted by molar-refractivity contribution is 0.235. The third-order valence-electron chi connectivity index (χ3n) is 4.22. The van der Waals surface area contributed by atoms with Crippen molar-refractivity contribution in [1.82, 2.24) is 25.8 Å². The van der Waals surface area contributed by atoms with E-state index in [1.54, 1.807) is 12.3 Å². The number of nitrogens with one attached hydrogen (secondary N) is 3. The van der Waals surface area contributed by atoms with E-state index in [4.69, 9.17) is 9.15 Å². The molecule has 3 heterocycles. The summed E-state index contributed by atoms with van der Waals surface area (Å²) in [7, 11) is 0. The van der Waals surface area contributed by atoms with E-state index in [1.807, 2.05) is 31.2 Å². The second kappa shape index (κ2) is 7.94. The predicted octanol–water partition coefficient (Wildman–Crippen LogP) is 2.12. The number of guanidine groups is 1. The molecule has 0 fully saturated rings. The molecule has 1 aliphatic rings. The van der Waals surface area contributed by atoms with Crippen molar-refractivity contribution in [2.75, 3.05) is 13.1 Å². The summed E-state index contributed by atoms with van der Waals surface area (Å²) < 4.78 is 11.3. The number of H-pyrrole nitrogens is 1. The van der Waals surface area contributed by atoms with Gasteiger partial charge in [0.25, 0.3) is 0 Å². The van der Waals surface area contributed by atoms with Gasteiger partial charge in [-0.05, 0) is 30.7 Å². The van der Waals surface area contributed by atoms with E-state index < -0.39 is 0 Å². The Morgan fingerprint density at radius 1 is 1.26 bits per heavy atom. The maximum absolute atomic E-state index is 5.96. The fourth-order valence-electron chi connectivity index (χ4n) is 2.96. The van der Waals surface area contributed by atoms with Crippen LogP contribution in [0, 0.1) is 0 Å². The maximum atomic E-state index is 5.96. The van der Waals surface area contributed by atoms with E-state index in [-0.39, 0.29) is 6.10 Å². The number of nitrogens with zero attached hydrogens (tertiary/aromatic N) is 3. The van der Waals surface area contributed by atoms with Gasteiger partial charge in [-0.2, -0.15) is 0 Å². The molecule has 2 aromatic heterocycles. The first-order chi connectivity index (χ1) is 13.3. The lowest BCUT2D eigenvalue weighted by atomic mass is 10.1. The Labute approximate surface area is 157 Å². The minimum absolute atomic E-state index is 0.0992. The smallest absolute Gasteiger partial charge is 0.216 e. The number of hydrogen-bond donors (Lipinski definition) is 3. The van der Waals surface area contributed by atoms with Gasteiger partial charge in [0.15, 0.2) is 11.7 Å². The van der Waals surface area contributed by atoms with E-state index in [9.17, 15) is 0 Å². The van der Waals surface area contributed by atoms with E-state index in [0.717, 1.165) is 18.7 Å². The van der Waals surface area contributed by atoms with Crippen molar-refractivity contribution in [2.45, 2.75) is 26.0 Å². The van der Waals surface area contributed by atoms with E-state index in [0.29, 0.717) is 36.5 Å². The molecule has 4 rings (SSSR count). The minimum atomic E-state index is 0.0992. The zero-order chi connectivity index (χ0) is 18.5. The van der Waals surface area contributed by atoms with E-state index in [2.05, 4.69) is 36.9 Å². The standard InChI is InChI=1S/C19H22N6O2/c1-2-20-19(21-11-14-10-13-6-3-4-7-15(13)27-14)22-12-17-23-18(25-24-17)16-8-5-9-26-16/h3-9,14H,2,10-12H2,1H3,(H2,20,21,22)(H,23,24,25). The van der Waals surface area contributed by atoms with Gasteiger partial charge in [0.1, 0.15) is 24.2 Å². The van der Waals surface area contributed by atoms with Crippen LogP contribution in [0.25, 0.3) is 11.6 Å². The quantitative estimate of drug-likeness (QED) is 0.456. The summed E-state index contributed by atoms with van der Waals surface area (Å²) in [5.41, 5.74) is 1.25. The highest BCUT2D eigenvalue weighted by molar-refractivity contribution is 5.79. The minimum Gasteiger partial charge on any atom is -0.488 e. The first-order valence-corrected chi connectivity index (χ1v) is 9.03. The fourth-order valence-corrected chi connectivity index (χ4v) is 2.96. The van der Waals surface area contributed by atoms with Gasteiger partial charge in [-0.25, -0.2) is 9.98 Å². The zero-order valence-electron chi connectivity index (χ0n) is 15.1. The van der Waals surface area contributed by atoms with Gasteiger partial charge >= 0.3 is 0 Å². The first kappa shape index (κ1) is 17.1. The number of aliphatic imine (C=N–C) groups is 1. The summed E-state index contributed by atoms with van der Waals surface area (Å²) >= 11 is 0. The molecule has 0 radical (unpaired) electrons. The highest BCUT2D eigenvalue weighted by atomic mass is 16.5. The molecule has 1 aliphatic heterocycles. The van der Waals surface area contributed by atoms with E-state index >= 15 is 0 Å². The van der Waals surface area contributed by atoms with Crippen molar-refractivity contribution in [1.29, 1.82) is 0 Å². The topological polar surface area (TPSA) is 100 Å². The normalized spacial score (nSPS) is 16.0. The van der Waals surface area contributed by atoms with Crippen LogP contribution in [0.2, 0.25) is 0 Å². The molecule has 0 spiro atoms. The first-order valence-electron chi connectivity index (χ1n) is 9.03. The molecule has 1 aromatic carbocycles. The van der Waals surface area contributed by atoms with Crippen molar-refractivity contribution in [3.8, 4) is 17.3 Å². The number of rotatable bonds is 6. The molecule has 1 unspecified atom stereocenters. The molecule has 0 saturated carbocycles. The molecule has 0 aliphatic carbocycles. The molecule has 0 bridgehead atoms. The third kappa shape index (κ3) is 4.11. The fraction of sp³-hybridized carbons (Fsp3) is 0.316. The van der Waals surface area contributed by atoms with E-state index in [1.165, 1.54) is 5.56 Å². The van der Waals surface area contributed by atoms with Crippen LogP contribution >= 0.6 is 0 Å². The molecule has 3 aromatic rings. The average molecular weight is 366 g/mol. The van der Waals surface area contributed by atoms with Gasteiger partial charge in [0.2, 0.25) is 5.82 Å². The van der Waals surface area contributed by atoms with Crippen molar-refractivity contribution in [2.24, 2.45) is 4.99 Å². The summed E-state index contributed by atoms with van der Waals surface area (Å²) in [6, 6.07) is 11.8. The Bertz CT molecular complexity index is 878. The SMILES string of the molecule is CCNC(=NCc1nc(-c2ccco2)n[nH]1)NCC1Cc2ccccc2O1. The van der Waals surface area contributed by atoms with Gasteiger partial charge in [0.05, 0.1) is 12.8 Å². The predicted molar refractivity (Wildman–Crippen MR) is 101 cm³/mol. The highest BCUT2D eigenvalue weighted by Crippen LogP contribution is 2.27. The highest BCUT2D eigenvalue weighted by Gasteiger charge is 2.22. The van der Waals surface area contributed by atoms with Crippen LogP contribution in [-0.2, 0) is 13.0 Å². The summed E-state index contributed by atoms with van der Waals surface area (Å²) in [5.74, 6) is 3.51. The second-order valence-corrected chi connectivity index (χ2v) is 6.21. The molecule has 0 saturated heterocycles. The Hall–Kier alpha value is -3.29. The summed E-state index contributed by atoms with van der Waals surface area (Å²) in [6.45, 7) is 3.86. The van der Waals surface area contributed by atoms with Crippen LogP contribution in [0.1, 0.15) is 18.3 Å². The second-order valence-electron chi connectivity index (χ2n) is 6.21. The Balaban J connectivity index is 1.34. The number of benzene rings is 1. The summed E-state index contributed by atoms with van der Waals surface area (Å²) in [6.07, 6.45) is 2.60.